The molecule has 0 radical (unpaired) electrons. The van der Waals surface area contributed by atoms with Crippen LogP contribution in [0.25, 0.3) is 0 Å². The quantitative estimate of drug-likeness (QED) is 0.586. The normalized spacial score (nSPS) is 11.5. The Balaban J connectivity index is 2.50. The van der Waals surface area contributed by atoms with Gasteiger partial charge in [-0.1, -0.05) is 12.1 Å². The minimum Gasteiger partial charge on any atom is -0.483 e. The lowest BCUT2D eigenvalue weighted by Crippen LogP contribution is -2.39. The number of nitrogens with one attached hydrogen (secondary N) is 1. The Morgan fingerprint density at radius 1 is 1.33 bits per heavy atom. The van der Waals surface area contributed by atoms with E-state index in [0.29, 0.717) is 0 Å². The van der Waals surface area contributed by atoms with Crippen LogP contribution in [-0.2, 0) is 14.3 Å². The standard InChI is InChI=1S/C13H16N2O6/c1-20-10(13(18)19)6-15-11(16)7-21-9-5-3-2-4-8(9)12(14)17/h2-5,10H,6-7H2,1H3,(H2,14,17)(H,15,16)(H,18,19). The van der Waals surface area contributed by atoms with Gasteiger partial charge in [0, 0.05) is 7.11 Å². The van der Waals surface area contributed by atoms with E-state index in [1.54, 1.807) is 12.1 Å². The third kappa shape index (κ3) is 5.11. The zero-order chi connectivity index (χ0) is 15.8. The van der Waals surface area contributed by atoms with Gasteiger partial charge < -0.3 is 25.6 Å². The predicted octanol–water partition coefficient (Wildman–Crippen LogP) is -0.620. The van der Waals surface area contributed by atoms with Crippen molar-refractivity contribution in [2.24, 2.45) is 5.73 Å². The van der Waals surface area contributed by atoms with E-state index in [9.17, 15) is 14.4 Å². The van der Waals surface area contributed by atoms with Crippen LogP contribution in [0.5, 0.6) is 5.75 Å². The van der Waals surface area contributed by atoms with Crippen molar-refractivity contribution >= 4 is 17.8 Å². The first-order valence-corrected chi connectivity index (χ1v) is 5.99. The van der Waals surface area contributed by atoms with Gasteiger partial charge in [0.1, 0.15) is 5.75 Å². The maximum Gasteiger partial charge on any atom is 0.334 e. The summed E-state index contributed by atoms with van der Waals surface area (Å²) in [4.78, 5) is 33.4. The Hall–Kier alpha value is -2.61. The zero-order valence-electron chi connectivity index (χ0n) is 11.4. The predicted molar refractivity (Wildman–Crippen MR) is 71.9 cm³/mol. The van der Waals surface area contributed by atoms with Crippen molar-refractivity contribution in [3.63, 3.8) is 0 Å². The summed E-state index contributed by atoms with van der Waals surface area (Å²) in [6.45, 7) is -0.564. The fourth-order valence-corrected chi connectivity index (χ4v) is 1.47. The van der Waals surface area contributed by atoms with Gasteiger partial charge in [-0.2, -0.15) is 0 Å². The van der Waals surface area contributed by atoms with Crippen LogP contribution in [0.2, 0.25) is 0 Å². The van der Waals surface area contributed by atoms with Crippen LogP contribution in [0.15, 0.2) is 24.3 Å². The van der Waals surface area contributed by atoms with Crippen LogP contribution in [0.1, 0.15) is 10.4 Å². The van der Waals surface area contributed by atoms with Gasteiger partial charge in [0.15, 0.2) is 12.7 Å². The van der Waals surface area contributed by atoms with Gasteiger partial charge in [-0.25, -0.2) is 4.79 Å². The van der Waals surface area contributed by atoms with Gasteiger partial charge in [-0.05, 0) is 12.1 Å². The summed E-state index contributed by atoms with van der Waals surface area (Å²) in [5.74, 6) is -2.21. The van der Waals surface area contributed by atoms with E-state index in [4.69, 9.17) is 15.6 Å². The fourth-order valence-electron chi connectivity index (χ4n) is 1.47. The largest absolute Gasteiger partial charge is 0.483 e. The summed E-state index contributed by atoms with van der Waals surface area (Å²) in [5.41, 5.74) is 5.33. The molecule has 0 saturated carbocycles. The number of para-hydroxylation sites is 1. The molecule has 0 bridgehead atoms. The van der Waals surface area contributed by atoms with E-state index in [0.717, 1.165) is 0 Å². The molecule has 2 amide bonds. The number of amides is 2. The molecular formula is C13H16N2O6. The Labute approximate surface area is 120 Å². The van der Waals surface area contributed by atoms with Gasteiger partial charge in [-0.3, -0.25) is 9.59 Å². The molecule has 0 aliphatic rings. The Morgan fingerprint density at radius 3 is 2.57 bits per heavy atom. The van der Waals surface area contributed by atoms with Crippen LogP contribution < -0.4 is 15.8 Å². The zero-order valence-corrected chi connectivity index (χ0v) is 11.4. The lowest BCUT2D eigenvalue weighted by atomic mass is 10.2. The SMILES string of the molecule is COC(CNC(=O)COc1ccccc1C(N)=O)C(=O)O. The minimum absolute atomic E-state index is 0.158. The lowest BCUT2D eigenvalue weighted by Gasteiger charge is -2.12. The molecule has 0 spiro atoms. The molecule has 0 saturated heterocycles. The number of carboxylic acids is 1. The monoisotopic (exact) mass is 296 g/mol. The number of hydrogen-bond acceptors (Lipinski definition) is 5. The van der Waals surface area contributed by atoms with Crippen molar-refractivity contribution in [2.75, 3.05) is 20.3 Å². The summed E-state index contributed by atoms with van der Waals surface area (Å²) < 4.78 is 9.84. The summed E-state index contributed by atoms with van der Waals surface area (Å²) in [6, 6.07) is 6.22. The molecule has 0 heterocycles. The molecule has 4 N–H and O–H groups in total. The average Bonchev–Trinajstić information content (AvgIpc) is 2.45. The van der Waals surface area contributed by atoms with Gasteiger partial charge >= 0.3 is 5.97 Å². The summed E-state index contributed by atoms with van der Waals surface area (Å²) >= 11 is 0. The van der Waals surface area contributed by atoms with Crippen LogP contribution in [0, 0.1) is 0 Å². The smallest absolute Gasteiger partial charge is 0.334 e. The van der Waals surface area contributed by atoms with Crippen LogP contribution in [0.3, 0.4) is 0 Å². The molecule has 0 aliphatic carbocycles. The highest BCUT2D eigenvalue weighted by atomic mass is 16.5. The van der Waals surface area contributed by atoms with E-state index in [-0.39, 0.29) is 24.5 Å². The molecule has 1 unspecified atom stereocenters. The Kier molecular flexibility index (Phi) is 6.15. The number of primary amides is 1. The van der Waals surface area contributed by atoms with Crippen LogP contribution in [0.4, 0.5) is 0 Å². The number of carboxylic acid groups (broad SMARTS) is 1. The van der Waals surface area contributed by atoms with E-state index in [1.165, 1.54) is 19.2 Å². The highest BCUT2D eigenvalue weighted by Gasteiger charge is 2.17. The molecule has 1 aromatic carbocycles. The molecule has 0 aliphatic heterocycles. The number of benzene rings is 1. The molecule has 0 fully saturated rings. The first-order valence-electron chi connectivity index (χ1n) is 5.99. The molecule has 8 heteroatoms. The number of rotatable bonds is 8. The highest BCUT2D eigenvalue weighted by molar-refractivity contribution is 5.95. The number of methoxy groups -OCH3 is 1. The molecule has 1 rings (SSSR count). The van der Waals surface area contributed by atoms with Crippen LogP contribution in [-0.4, -0.2) is 49.3 Å². The number of aliphatic carboxylic acids is 1. The third-order valence-electron chi connectivity index (χ3n) is 2.56. The maximum atomic E-state index is 11.5. The van der Waals surface area contributed by atoms with Gasteiger partial charge in [0.05, 0.1) is 12.1 Å². The molecular weight excluding hydrogens is 280 g/mol. The second-order valence-corrected chi connectivity index (χ2v) is 4.02. The van der Waals surface area contributed by atoms with Crippen molar-refractivity contribution in [1.82, 2.24) is 5.32 Å². The highest BCUT2D eigenvalue weighted by Crippen LogP contribution is 2.16. The number of carbonyl (C=O) groups is 3. The van der Waals surface area contributed by atoms with Crippen LogP contribution >= 0.6 is 0 Å². The summed E-state index contributed by atoms with van der Waals surface area (Å²) in [7, 11) is 1.23. The molecule has 0 aromatic heterocycles. The first-order chi connectivity index (χ1) is 9.95. The second kappa shape index (κ2) is 7.85. The summed E-state index contributed by atoms with van der Waals surface area (Å²) in [5, 5.41) is 11.1. The number of nitrogens with two attached hydrogens (primary N) is 1. The fraction of sp³-hybridized carbons (Fsp3) is 0.308. The lowest BCUT2D eigenvalue weighted by molar-refractivity contribution is -0.148. The molecule has 1 aromatic rings. The van der Waals surface area contributed by atoms with Crippen molar-refractivity contribution in [3.8, 4) is 5.75 Å². The molecule has 8 nitrogen and oxygen atoms in total. The molecule has 1 atom stereocenters. The number of hydrogen-bond donors (Lipinski definition) is 3. The third-order valence-corrected chi connectivity index (χ3v) is 2.56. The molecule has 21 heavy (non-hydrogen) atoms. The van der Waals surface area contributed by atoms with Crippen molar-refractivity contribution in [2.45, 2.75) is 6.10 Å². The van der Waals surface area contributed by atoms with E-state index in [2.05, 4.69) is 10.1 Å². The van der Waals surface area contributed by atoms with Crippen molar-refractivity contribution in [3.05, 3.63) is 29.8 Å². The van der Waals surface area contributed by atoms with Gasteiger partial charge in [0.25, 0.3) is 11.8 Å². The summed E-state index contributed by atoms with van der Waals surface area (Å²) in [6.07, 6.45) is -1.13. The van der Waals surface area contributed by atoms with E-state index in [1.807, 2.05) is 0 Å². The molecule has 114 valence electrons. The Bertz CT molecular complexity index is 531. The van der Waals surface area contributed by atoms with Crippen molar-refractivity contribution in [1.29, 1.82) is 0 Å². The van der Waals surface area contributed by atoms with E-state index >= 15 is 0 Å². The van der Waals surface area contributed by atoms with E-state index < -0.39 is 23.9 Å². The first kappa shape index (κ1) is 16.4. The number of ether oxygens (including phenoxy) is 2. The Morgan fingerprint density at radius 2 is 2.00 bits per heavy atom. The maximum absolute atomic E-state index is 11.5. The van der Waals surface area contributed by atoms with Crippen molar-refractivity contribution < 1.29 is 29.0 Å². The minimum atomic E-state index is -1.18. The van der Waals surface area contributed by atoms with Gasteiger partial charge in [0.2, 0.25) is 0 Å². The average molecular weight is 296 g/mol. The van der Waals surface area contributed by atoms with Gasteiger partial charge in [-0.15, -0.1) is 0 Å². The topological polar surface area (TPSA) is 128 Å². The second-order valence-electron chi connectivity index (χ2n) is 4.02. The number of carbonyl (C=O) groups excluding carboxylic acids is 2.